The molecule has 2 aromatic heterocycles. The summed E-state index contributed by atoms with van der Waals surface area (Å²) in [5.41, 5.74) is 5.25. The molecule has 0 atom stereocenters. The highest BCUT2D eigenvalue weighted by Crippen LogP contribution is 2.19. The number of amides is 2. The fraction of sp³-hybridized carbons (Fsp3) is 0. The molecular formula is C19H15N5O6S. The number of aromatic amines is 2. The number of rotatable bonds is 5. The van der Waals surface area contributed by atoms with Gasteiger partial charge in [0.15, 0.2) is 5.76 Å². The molecule has 31 heavy (non-hydrogen) atoms. The van der Waals surface area contributed by atoms with Crippen LogP contribution >= 0.6 is 0 Å². The number of carbonyl (C=O) groups is 2. The molecular weight excluding hydrogens is 426 g/mol. The molecule has 0 saturated carbocycles. The topological polar surface area (TPSA) is 166 Å². The highest BCUT2D eigenvalue weighted by Gasteiger charge is 2.16. The van der Waals surface area contributed by atoms with Crippen LogP contribution in [0.4, 0.5) is 5.69 Å². The Hall–Kier alpha value is -4.32. The molecule has 0 aliphatic heterocycles. The van der Waals surface area contributed by atoms with E-state index < -0.39 is 27.5 Å². The van der Waals surface area contributed by atoms with Gasteiger partial charge in [-0.3, -0.25) is 25.2 Å². The second-order valence-electron chi connectivity index (χ2n) is 6.35. The lowest BCUT2D eigenvalue weighted by Crippen LogP contribution is -2.41. The van der Waals surface area contributed by atoms with Crippen LogP contribution in [0.2, 0.25) is 0 Å². The first-order chi connectivity index (χ1) is 14.8. The summed E-state index contributed by atoms with van der Waals surface area (Å²) in [4.78, 5) is 40.2. The van der Waals surface area contributed by atoms with Gasteiger partial charge in [-0.15, -0.1) is 0 Å². The number of fused-ring (bicyclic) bond motifs is 1. The lowest BCUT2D eigenvalue weighted by atomic mass is 10.2. The fourth-order valence-corrected chi connectivity index (χ4v) is 3.82. The third-order valence-electron chi connectivity index (χ3n) is 4.23. The second kappa shape index (κ2) is 7.84. The van der Waals surface area contributed by atoms with Crippen LogP contribution in [0.15, 0.2) is 75.0 Å². The van der Waals surface area contributed by atoms with E-state index in [2.05, 4.69) is 25.5 Å². The Morgan fingerprint density at radius 2 is 1.58 bits per heavy atom. The number of hydrazine groups is 1. The number of aromatic nitrogens is 2. The molecule has 0 aliphatic rings. The molecule has 2 aromatic carbocycles. The summed E-state index contributed by atoms with van der Waals surface area (Å²) in [5.74, 6) is -1.19. The van der Waals surface area contributed by atoms with E-state index >= 15 is 0 Å². The third kappa shape index (κ3) is 4.33. The summed E-state index contributed by atoms with van der Waals surface area (Å²) in [5, 5.41) is 0. The van der Waals surface area contributed by atoms with E-state index in [4.69, 9.17) is 4.42 Å². The third-order valence-corrected chi connectivity index (χ3v) is 5.61. The first-order valence-electron chi connectivity index (χ1n) is 8.81. The molecule has 2 heterocycles. The average Bonchev–Trinajstić information content (AvgIpc) is 3.40. The summed E-state index contributed by atoms with van der Waals surface area (Å²) in [6.45, 7) is 0. The number of hydrogen-bond acceptors (Lipinski definition) is 6. The van der Waals surface area contributed by atoms with Crippen LogP contribution < -0.4 is 21.3 Å². The standard InChI is InChI=1S/C19H15N5O6S/c25-17(22-23-18(26)16-2-1-9-30-16)11-3-5-12(6-4-11)24-31(28,29)13-7-8-14-15(10-13)21-19(27)20-14/h1-10,24H,(H,22,25)(H,23,26)(H2,20,21,27). The van der Waals surface area contributed by atoms with Crippen molar-refractivity contribution in [3.63, 3.8) is 0 Å². The molecule has 0 aliphatic carbocycles. The minimum atomic E-state index is -3.93. The van der Waals surface area contributed by atoms with E-state index in [-0.39, 0.29) is 21.9 Å². The molecule has 0 radical (unpaired) electrons. The van der Waals surface area contributed by atoms with E-state index in [1.54, 1.807) is 0 Å². The number of anilines is 1. The van der Waals surface area contributed by atoms with Crippen molar-refractivity contribution in [2.75, 3.05) is 4.72 Å². The zero-order chi connectivity index (χ0) is 22.0. The summed E-state index contributed by atoms with van der Waals surface area (Å²) >= 11 is 0. The molecule has 0 bridgehead atoms. The number of benzene rings is 2. The Morgan fingerprint density at radius 1 is 0.871 bits per heavy atom. The monoisotopic (exact) mass is 441 g/mol. The van der Waals surface area contributed by atoms with Gasteiger partial charge in [-0.1, -0.05) is 0 Å². The highest BCUT2D eigenvalue weighted by molar-refractivity contribution is 7.92. The predicted molar refractivity (Wildman–Crippen MR) is 110 cm³/mol. The smallest absolute Gasteiger partial charge is 0.323 e. The van der Waals surface area contributed by atoms with Gasteiger partial charge in [0.1, 0.15) is 0 Å². The summed E-state index contributed by atoms with van der Waals surface area (Å²) in [6.07, 6.45) is 1.33. The van der Waals surface area contributed by atoms with Gasteiger partial charge in [-0.2, -0.15) is 0 Å². The second-order valence-corrected chi connectivity index (χ2v) is 8.04. The van der Waals surface area contributed by atoms with Crippen molar-refractivity contribution >= 4 is 38.6 Å². The van der Waals surface area contributed by atoms with Crippen molar-refractivity contribution in [2.45, 2.75) is 4.90 Å². The molecule has 5 N–H and O–H groups in total. The number of furan rings is 1. The van der Waals surface area contributed by atoms with Crippen molar-refractivity contribution in [3.05, 3.63) is 82.7 Å². The zero-order valence-electron chi connectivity index (χ0n) is 15.6. The Bertz CT molecular complexity index is 1420. The molecule has 158 valence electrons. The molecule has 11 nitrogen and oxygen atoms in total. The average molecular weight is 441 g/mol. The minimum Gasteiger partial charge on any atom is -0.459 e. The van der Waals surface area contributed by atoms with Crippen molar-refractivity contribution in [1.82, 2.24) is 20.8 Å². The number of nitrogens with one attached hydrogen (secondary N) is 5. The first-order valence-corrected chi connectivity index (χ1v) is 10.3. The normalized spacial score (nSPS) is 11.2. The first kappa shape index (κ1) is 20.0. The largest absolute Gasteiger partial charge is 0.459 e. The lowest BCUT2D eigenvalue weighted by molar-refractivity contribution is 0.0831. The van der Waals surface area contributed by atoms with Gasteiger partial charge in [-0.25, -0.2) is 13.2 Å². The Labute approximate surface area is 174 Å². The summed E-state index contributed by atoms with van der Waals surface area (Å²) < 4.78 is 32.5. The van der Waals surface area contributed by atoms with Crippen LogP contribution in [0.25, 0.3) is 11.0 Å². The van der Waals surface area contributed by atoms with Gasteiger partial charge >= 0.3 is 11.6 Å². The van der Waals surface area contributed by atoms with Crippen LogP contribution in [0, 0.1) is 0 Å². The maximum atomic E-state index is 12.6. The van der Waals surface area contributed by atoms with E-state index in [0.29, 0.717) is 11.0 Å². The van der Waals surface area contributed by atoms with Gasteiger partial charge in [0.05, 0.1) is 22.2 Å². The van der Waals surface area contributed by atoms with Crippen LogP contribution in [-0.2, 0) is 10.0 Å². The number of sulfonamides is 1. The minimum absolute atomic E-state index is 0.0342. The fourth-order valence-electron chi connectivity index (χ4n) is 2.74. The molecule has 12 heteroatoms. The van der Waals surface area contributed by atoms with Crippen molar-refractivity contribution < 1.29 is 22.4 Å². The van der Waals surface area contributed by atoms with Crippen molar-refractivity contribution in [2.24, 2.45) is 0 Å². The van der Waals surface area contributed by atoms with Gasteiger partial charge < -0.3 is 14.4 Å². The molecule has 4 rings (SSSR count). The number of imidazole rings is 1. The maximum absolute atomic E-state index is 12.6. The van der Waals surface area contributed by atoms with E-state index in [0.717, 1.165) is 0 Å². The van der Waals surface area contributed by atoms with Crippen LogP contribution in [0.3, 0.4) is 0 Å². The molecule has 0 fully saturated rings. The molecule has 2 amide bonds. The van der Waals surface area contributed by atoms with Gasteiger partial charge in [0, 0.05) is 11.3 Å². The highest BCUT2D eigenvalue weighted by atomic mass is 32.2. The van der Waals surface area contributed by atoms with Crippen LogP contribution in [0.5, 0.6) is 0 Å². The van der Waals surface area contributed by atoms with Crippen LogP contribution in [-0.4, -0.2) is 30.2 Å². The van der Waals surface area contributed by atoms with E-state index in [1.165, 1.54) is 60.9 Å². The quantitative estimate of drug-likeness (QED) is 0.293. The number of hydrogen-bond donors (Lipinski definition) is 5. The van der Waals surface area contributed by atoms with E-state index in [1.807, 2.05) is 0 Å². The van der Waals surface area contributed by atoms with Gasteiger partial charge in [0.25, 0.3) is 15.9 Å². The summed E-state index contributed by atoms with van der Waals surface area (Å²) in [7, 11) is -3.93. The summed E-state index contributed by atoms with van der Waals surface area (Å²) in [6, 6.07) is 12.7. The molecule has 0 saturated heterocycles. The van der Waals surface area contributed by atoms with Crippen molar-refractivity contribution in [1.29, 1.82) is 0 Å². The Balaban J connectivity index is 1.42. The Morgan fingerprint density at radius 3 is 2.29 bits per heavy atom. The van der Waals surface area contributed by atoms with Gasteiger partial charge in [-0.05, 0) is 54.6 Å². The maximum Gasteiger partial charge on any atom is 0.323 e. The van der Waals surface area contributed by atoms with E-state index in [9.17, 15) is 22.8 Å². The molecule has 0 spiro atoms. The molecule has 0 unspecified atom stereocenters. The number of carbonyl (C=O) groups excluding carboxylic acids is 2. The van der Waals surface area contributed by atoms with Gasteiger partial charge in [0.2, 0.25) is 0 Å². The Kier molecular flexibility index (Phi) is 5.05. The lowest BCUT2D eigenvalue weighted by Gasteiger charge is -2.09. The number of H-pyrrole nitrogens is 2. The van der Waals surface area contributed by atoms with Crippen LogP contribution in [0.1, 0.15) is 20.9 Å². The van der Waals surface area contributed by atoms with Crippen molar-refractivity contribution in [3.8, 4) is 0 Å². The SMILES string of the molecule is O=C(NNC(=O)c1ccco1)c1ccc(NS(=O)(=O)c2ccc3[nH]c(=O)[nH]c3c2)cc1. The molecule has 4 aromatic rings. The predicted octanol–water partition coefficient (Wildman–Crippen LogP) is 1.32. The zero-order valence-corrected chi connectivity index (χ0v) is 16.4.